The fourth-order valence-electron chi connectivity index (χ4n) is 2.20. The molecule has 1 aromatic carbocycles. The standard InChI is InChI=1S/C19H23N5O/c1-3-16-8-7-9-17(14-16)23-18(25)15-22-19(20-4-2)21-10-13-24-11-5-6-12-24/h1,5-9,11-12,14H,4,10,13,15H2,2H3,(H,23,25)(H2,20,21,22). The lowest BCUT2D eigenvalue weighted by molar-refractivity contribution is -0.114. The third-order valence-electron chi connectivity index (χ3n) is 3.37. The van der Waals surface area contributed by atoms with Crippen molar-refractivity contribution >= 4 is 17.6 Å². The molecule has 0 radical (unpaired) electrons. The van der Waals surface area contributed by atoms with Crippen molar-refractivity contribution in [2.75, 3.05) is 25.0 Å². The van der Waals surface area contributed by atoms with Crippen molar-refractivity contribution in [1.29, 1.82) is 0 Å². The third-order valence-corrected chi connectivity index (χ3v) is 3.37. The Labute approximate surface area is 148 Å². The van der Waals surface area contributed by atoms with Gasteiger partial charge < -0.3 is 20.5 Å². The van der Waals surface area contributed by atoms with Gasteiger partial charge in [0.05, 0.1) is 0 Å². The minimum absolute atomic E-state index is 0.0269. The van der Waals surface area contributed by atoms with Gasteiger partial charge in [-0.2, -0.15) is 0 Å². The minimum atomic E-state index is -0.197. The molecule has 0 bridgehead atoms. The van der Waals surface area contributed by atoms with Crippen LogP contribution < -0.4 is 16.0 Å². The molecule has 0 atom stereocenters. The Morgan fingerprint density at radius 1 is 1.24 bits per heavy atom. The van der Waals surface area contributed by atoms with Gasteiger partial charge in [0.1, 0.15) is 6.54 Å². The average molecular weight is 337 g/mol. The number of guanidine groups is 1. The third kappa shape index (κ3) is 6.43. The number of hydrogen-bond donors (Lipinski definition) is 3. The summed E-state index contributed by atoms with van der Waals surface area (Å²) in [6.07, 6.45) is 9.37. The fourth-order valence-corrected chi connectivity index (χ4v) is 2.20. The quantitative estimate of drug-likeness (QED) is 0.409. The second-order valence-electron chi connectivity index (χ2n) is 5.32. The lowest BCUT2D eigenvalue weighted by Gasteiger charge is -2.12. The van der Waals surface area contributed by atoms with Crippen LogP contribution in [0.5, 0.6) is 0 Å². The van der Waals surface area contributed by atoms with Crippen LogP contribution >= 0.6 is 0 Å². The van der Waals surface area contributed by atoms with E-state index in [0.29, 0.717) is 18.2 Å². The highest BCUT2D eigenvalue weighted by Crippen LogP contribution is 2.09. The predicted octanol–water partition coefficient (Wildman–Crippen LogP) is 1.66. The largest absolute Gasteiger partial charge is 0.357 e. The van der Waals surface area contributed by atoms with E-state index in [0.717, 1.165) is 18.7 Å². The molecule has 0 unspecified atom stereocenters. The van der Waals surface area contributed by atoms with Crippen LogP contribution in [-0.4, -0.2) is 36.1 Å². The van der Waals surface area contributed by atoms with E-state index in [4.69, 9.17) is 6.42 Å². The zero-order valence-electron chi connectivity index (χ0n) is 14.3. The zero-order chi connectivity index (χ0) is 17.9. The van der Waals surface area contributed by atoms with E-state index in [9.17, 15) is 4.79 Å². The van der Waals surface area contributed by atoms with E-state index < -0.39 is 0 Å². The smallest absolute Gasteiger partial charge is 0.246 e. The number of aromatic nitrogens is 1. The molecule has 130 valence electrons. The number of carbonyl (C=O) groups excluding carboxylic acids is 1. The molecule has 0 saturated carbocycles. The van der Waals surface area contributed by atoms with E-state index in [1.165, 1.54) is 0 Å². The van der Waals surface area contributed by atoms with Gasteiger partial charge in [-0.3, -0.25) is 4.79 Å². The molecule has 1 amide bonds. The summed E-state index contributed by atoms with van der Waals surface area (Å²) in [4.78, 5) is 16.4. The molecule has 2 aromatic rings. The lowest BCUT2D eigenvalue weighted by atomic mass is 10.2. The van der Waals surface area contributed by atoms with Gasteiger partial charge >= 0.3 is 0 Å². The van der Waals surface area contributed by atoms with Crippen LogP contribution in [0, 0.1) is 12.3 Å². The van der Waals surface area contributed by atoms with Crippen LogP contribution in [0.4, 0.5) is 5.69 Å². The highest BCUT2D eigenvalue weighted by Gasteiger charge is 2.03. The number of nitrogens with one attached hydrogen (secondary N) is 3. The van der Waals surface area contributed by atoms with Crippen LogP contribution in [0.3, 0.4) is 0 Å². The van der Waals surface area contributed by atoms with Crippen molar-refractivity contribution in [3.63, 3.8) is 0 Å². The molecule has 6 heteroatoms. The van der Waals surface area contributed by atoms with Gasteiger partial charge in [0.2, 0.25) is 5.91 Å². The number of rotatable bonds is 7. The minimum Gasteiger partial charge on any atom is -0.357 e. The summed E-state index contributed by atoms with van der Waals surface area (Å²) in [6, 6.07) is 11.1. The predicted molar refractivity (Wildman–Crippen MR) is 101 cm³/mol. The molecular formula is C19H23N5O. The Hall–Kier alpha value is -3.20. The number of aliphatic imine (C=N–C) groups is 1. The number of carbonyl (C=O) groups is 1. The summed E-state index contributed by atoms with van der Waals surface area (Å²) in [5, 5.41) is 9.12. The van der Waals surface area contributed by atoms with Crippen molar-refractivity contribution in [3.8, 4) is 12.3 Å². The number of amides is 1. The van der Waals surface area contributed by atoms with Gasteiger partial charge in [0.15, 0.2) is 5.96 Å². The molecule has 0 fully saturated rings. The first-order valence-corrected chi connectivity index (χ1v) is 8.20. The molecule has 6 nitrogen and oxygen atoms in total. The van der Waals surface area contributed by atoms with Crippen LogP contribution in [0.1, 0.15) is 12.5 Å². The first-order valence-electron chi connectivity index (χ1n) is 8.20. The second-order valence-corrected chi connectivity index (χ2v) is 5.32. The number of hydrogen-bond acceptors (Lipinski definition) is 2. The molecule has 1 aromatic heterocycles. The monoisotopic (exact) mass is 337 g/mol. The van der Waals surface area contributed by atoms with E-state index >= 15 is 0 Å². The van der Waals surface area contributed by atoms with E-state index in [2.05, 4.69) is 31.4 Å². The molecule has 0 saturated heterocycles. The Balaban J connectivity index is 1.84. The van der Waals surface area contributed by atoms with Crippen molar-refractivity contribution in [3.05, 3.63) is 54.4 Å². The van der Waals surface area contributed by atoms with Gasteiger partial charge in [-0.05, 0) is 37.3 Å². The van der Waals surface area contributed by atoms with E-state index in [-0.39, 0.29) is 12.5 Å². The molecule has 3 N–H and O–H groups in total. The number of benzene rings is 1. The molecule has 0 aliphatic heterocycles. The first-order chi connectivity index (χ1) is 12.2. The summed E-state index contributed by atoms with van der Waals surface area (Å²) in [5.74, 6) is 2.96. The molecule has 0 aliphatic carbocycles. The summed E-state index contributed by atoms with van der Waals surface area (Å²) in [7, 11) is 0. The topological polar surface area (TPSA) is 70.4 Å². The van der Waals surface area contributed by atoms with Crippen LogP contribution in [0.25, 0.3) is 0 Å². The number of terminal acetylenes is 1. The van der Waals surface area contributed by atoms with E-state index in [1.54, 1.807) is 18.2 Å². The van der Waals surface area contributed by atoms with Crippen molar-refractivity contribution < 1.29 is 4.79 Å². The van der Waals surface area contributed by atoms with Gasteiger partial charge in [0, 0.05) is 43.3 Å². The molecule has 1 heterocycles. The second kappa shape index (κ2) is 9.83. The first kappa shape index (κ1) is 18.1. The van der Waals surface area contributed by atoms with Gasteiger partial charge in [-0.15, -0.1) is 6.42 Å². The van der Waals surface area contributed by atoms with E-state index in [1.807, 2.05) is 37.5 Å². The highest BCUT2D eigenvalue weighted by molar-refractivity contribution is 5.94. The molecule has 2 rings (SSSR count). The summed E-state index contributed by atoms with van der Waals surface area (Å²) < 4.78 is 2.07. The van der Waals surface area contributed by atoms with Crippen molar-refractivity contribution in [2.24, 2.45) is 4.99 Å². The normalized spacial score (nSPS) is 10.8. The summed E-state index contributed by atoms with van der Waals surface area (Å²) in [5.41, 5.74) is 1.39. The van der Waals surface area contributed by atoms with Crippen LogP contribution in [0.15, 0.2) is 53.8 Å². The SMILES string of the molecule is C#Cc1cccc(NC(=O)CN=C(NCC)NCCn2cccc2)c1. The fraction of sp³-hybridized carbons (Fsp3) is 0.263. The maximum absolute atomic E-state index is 12.1. The molecule has 0 spiro atoms. The van der Waals surface area contributed by atoms with Crippen LogP contribution in [-0.2, 0) is 11.3 Å². The highest BCUT2D eigenvalue weighted by atomic mass is 16.1. The Bertz CT molecular complexity index is 743. The molecular weight excluding hydrogens is 314 g/mol. The Morgan fingerprint density at radius 2 is 2.04 bits per heavy atom. The summed E-state index contributed by atoms with van der Waals surface area (Å²) >= 11 is 0. The summed E-state index contributed by atoms with van der Waals surface area (Å²) in [6.45, 7) is 4.27. The van der Waals surface area contributed by atoms with Crippen molar-refractivity contribution in [1.82, 2.24) is 15.2 Å². The number of anilines is 1. The van der Waals surface area contributed by atoms with Gasteiger partial charge in [-0.1, -0.05) is 12.0 Å². The van der Waals surface area contributed by atoms with Gasteiger partial charge in [0.25, 0.3) is 0 Å². The molecule has 25 heavy (non-hydrogen) atoms. The maximum Gasteiger partial charge on any atom is 0.246 e. The number of nitrogens with zero attached hydrogens (tertiary/aromatic N) is 2. The van der Waals surface area contributed by atoms with Crippen molar-refractivity contribution in [2.45, 2.75) is 13.5 Å². The average Bonchev–Trinajstić information content (AvgIpc) is 3.13. The van der Waals surface area contributed by atoms with Crippen LogP contribution in [0.2, 0.25) is 0 Å². The van der Waals surface area contributed by atoms with Gasteiger partial charge in [-0.25, -0.2) is 4.99 Å². The molecule has 0 aliphatic rings. The lowest BCUT2D eigenvalue weighted by Crippen LogP contribution is -2.39. The zero-order valence-corrected chi connectivity index (χ0v) is 14.3. The Kier molecular flexibility index (Phi) is 7.13. The maximum atomic E-state index is 12.1. The Morgan fingerprint density at radius 3 is 2.76 bits per heavy atom.